The zero-order valence-corrected chi connectivity index (χ0v) is 17.8. The molecule has 3 aromatic rings. The van der Waals surface area contributed by atoms with Crippen LogP contribution in [0.2, 0.25) is 0 Å². The van der Waals surface area contributed by atoms with Crippen molar-refractivity contribution in [2.45, 2.75) is 18.0 Å². The van der Waals surface area contributed by atoms with Crippen molar-refractivity contribution in [1.29, 1.82) is 0 Å². The number of sulfonamides is 1. The summed E-state index contributed by atoms with van der Waals surface area (Å²) in [6.07, 6.45) is 4.92. The molecule has 1 fully saturated rings. The lowest BCUT2D eigenvalue weighted by molar-refractivity contribution is -0.119. The highest BCUT2D eigenvalue weighted by molar-refractivity contribution is 7.89. The van der Waals surface area contributed by atoms with Gasteiger partial charge in [-0.3, -0.25) is 4.79 Å². The van der Waals surface area contributed by atoms with E-state index in [1.807, 2.05) is 30.3 Å². The molecule has 1 amide bonds. The minimum atomic E-state index is -3.67. The van der Waals surface area contributed by atoms with Crippen molar-refractivity contribution in [2.24, 2.45) is 0 Å². The van der Waals surface area contributed by atoms with Gasteiger partial charge in [0.1, 0.15) is 6.54 Å². The van der Waals surface area contributed by atoms with Gasteiger partial charge in [0.2, 0.25) is 15.9 Å². The van der Waals surface area contributed by atoms with Crippen LogP contribution in [0.1, 0.15) is 5.56 Å². The van der Waals surface area contributed by atoms with Crippen LogP contribution >= 0.6 is 0 Å². The molecule has 1 saturated heterocycles. The van der Waals surface area contributed by atoms with E-state index in [2.05, 4.69) is 4.98 Å². The molecule has 0 bridgehead atoms. The minimum absolute atomic E-state index is 0.104. The molecule has 1 aromatic heterocycles. The first-order valence-electron chi connectivity index (χ1n) is 10.0. The number of rotatable bonds is 7. The number of amides is 1. The Kier molecular flexibility index (Phi) is 6.45. The smallest absolute Gasteiger partial charge is 0.247 e. The van der Waals surface area contributed by atoms with Crippen LogP contribution in [0.5, 0.6) is 0 Å². The van der Waals surface area contributed by atoms with Crippen LogP contribution in [0.15, 0.2) is 78.2 Å². The van der Waals surface area contributed by atoms with Gasteiger partial charge >= 0.3 is 0 Å². The number of carbonyl (C=O) groups excluding carboxylic acids is 1. The first-order valence-corrected chi connectivity index (χ1v) is 11.5. The standard InChI is InChI=1S/C22H24N4O4S/c27-22(17-24-10-9-23-18-24)26(16-19-5-2-1-3-6-19)20-7-4-8-21(15-20)31(28,29)25-11-13-30-14-12-25/h1-10,15,18H,11-14,16-17H2. The van der Waals surface area contributed by atoms with Gasteiger partial charge in [0.15, 0.2) is 0 Å². The normalized spacial score (nSPS) is 15.0. The first kappa shape index (κ1) is 21.2. The highest BCUT2D eigenvalue weighted by Gasteiger charge is 2.27. The van der Waals surface area contributed by atoms with Gasteiger partial charge in [0, 0.05) is 31.2 Å². The molecular formula is C22H24N4O4S. The largest absolute Gasteiger partial charge is 0.379 e. The van der Waals surface area contributed by atoms with Gasteiger partial charge in [-0.15, -0.1) is 0 Å². The lowest BCUT2D eigenvalue weighted by Gasteiger charge is -2.27. The van der Waals surface area contributed by atoms with Gasteiger partial charge in [-0.05, 0) is 23.8 Å². The van der Waals surface area contributed by atoms with E-state index < -0.39 is 10.0 Å². The van der Waals surface area contributed by atoms with Gasteiger partial charge < -0.3 is 14.2 Å². The average Bonchev–Trinajstić information content (AvgIpc) is 3.32. The van der Waals surface area contributed by atoms with Crippen LogP contribution in [-0.2, 0) is 32.6 Å². The van der Waals surface area contributed by atoms with Crippen LogP contribution in [-0.4, -0.2) is 54.5 Å². The van der Waals surface area contributed by atoms with E-state index in [1.165, 1.54) is 4.31 Å². The zero-order chi connectivity index (χ0) is 21.7. The molecule has 8 nitrogen and oxygen atoms in total. The summed E-state index contributed by atoms with van der Waals surface area (Å²) in [5.74, 6) is -0.164. The Morgan fingerprint density at radius 1 is 1.06 bits per heavy atom. The van der Waals surface area contributed by atoms with Crippen LogP contribution in [0.25, 0.3) is 0 Å². The fourth-order valence-corrected chi connectivity index (χ4v) is 4.91. The van der Waals surface area contributed by atoms with Gasteiger partial charge in [0.05, 0.1) is 31.0 Å². The molecule has 1 aliphatic heterocycles. The third kappa shape index (κ3) is 5.01. The van der Waals surface area contributed by atoms with Crippen LogP contribution in [0.3, 0.4) is 0 Å². The number of anilines is 1. The summed E-state index contributed by atoms with van der Waals surface area (Å²) >= 11 is 0. The quantitative estimate of drug-likeness (QED) is 0.562. The van der Waals surface area contributed by atoms with Crippen LogP contribution in [0.4, 0.5) is 5.69 Å². The molecule has 0 saturated carbocycles. The number of carbonyl (C=O) groups is 1. The molecule has 9 heteroatoms. The van der Waals surface area contributed by atoms with E-state index in [9.17, 15) is 13.2 Å². The summed E-state index contributed by atoms with van der Waals surface area (Å²) in [4.78, 5) is 18.9. The molecular weight excluding hydrogens is 416 g/mol. The topological polar surface area (TPSA) is 84.7 Å². The highest BCUT2D eigenvalue weighted by Crippen LogP contribution is 2.25. The first-order chi connectivity index (χ1) is 15.0. The molecule has 0 atom stereocenters. The Hall–Kier alpha value is -3.01. The van der Waals surface area contributed by atoms with E-state index in [1.54, 1.807) is 52.5 Å². The second kappa shape index (κ2) is 9.42. The van der Waals surface area contributed by atoms with Crippen LogP contribution < -0.4 is 4.90 Å². The predicted molar refractivity (Wildman–Crippen MR) is 116 cm³/mol. The Balaban J connectivity index is 1.65. The number of imidazole rings is 1. The van der Waals surface area contributed by atoms with Crippen LogP contribution in [0, 0.1) is 0 Å². The van der Waals surface area contributed by atoms with E-state index in [0.29, 0.717) is 38.5 Å². The molecule has 2 heterocycles. The summed E-state index contributed by atoms with van der Waals surface area (Å²) in [5, 5.41) is 0. The van der Waals surface area contributed by atoms with E-state index in [4.69, 9.17) is 4.74 Å². The molecule has 0 N–H and O–H groups in total. The number of ether oxygens (including phenoxy) is 1. The van der Waals surface area contributed by atoms with E-state index >= 15 is 0 Å². The summed E-state index contributed by atoms with van der Waals surface area (Å²) < 4.78 is 34.6. The Morgan fingerprint density at radius 3 is 2.55 bits per heavy atom. The number of aromatic nitrogens is 2. The van der Waals surface area contributed by atoms with E-state index in [-0.39, 0.29) is 17.3 Å². The van der Waals surface area contributed by atoms with Crippen molar-refractivity contribution in [3.05, 3.63) is 78.9 Å². The number of benzene rings is 2. The molecule has 0 radical (unpaired) electrons. The second-order valence-electron chi connectivity index (χ2n) is 7.21. The van der Waals surface area contributed by atoms with Crippen molar-refractivity contribution in [3.63, 3.8) is 0 Å². The van der Waals surface area contributed by atoms with E-state index in [0.717, 1.165) is 5.56 Å². The third-order valence-corrected chi connectivity index (χ3v) is 6.99. The Bertz CT molecular complexity index is 1110. The van der Waals surface area contributed by atoms with Gasteiger partial charge in [-0.1, -0.05) is 36.4 Å². The van der Waals surface area contributed by atoms with Gasteiger partial charge in [-0.2, -0.15) is 4.31 Å². The molecule has 2 aromatic carbocycles. The lowest BCUT2D eigenvalue weighted by Crippen LogP contribution is -2.40. The third-order valence-electron chi connectivity index (χ3n) is 5.10. The maximum absolute atomic E-state index is 13.2. The molecule has 162 valence electrons. The van der Waals surface area contributed by atoms with Crippen molar-refractivity contribution in [1.82, 2.24) is 13.9 Å². The summed E-state index contributed by atoms with van der Waals surface area (Å²) in [6, 6.07) is 16.2. The van der Waals surface area contributed by atoms with Gasteiger partial charge in [-0.25, -0.2) is 13.4 Å². The molecule has 0 unspecified atom stereocenters. The maximum atomic E-state index is 13.2. The molecule has 31 heavy (non-hydrogen) atoms. The van der Waals surface area contributed by atoms with Crippen molar-refractivity contribution in [2.75, 3.05) is 31.2 Å². The minimum Gasteiger partial charge on any atom is -0.379 e. The number of hydrogen-bond acceptors (Lipinski definition) is 5. The molecule has 1 aliphatic rings. The number of nitrogens with zero attached hydrogens (tertiary/aromatic N) is 4. The predicted octanol–water partition coefficient (Wildman–Crippen LogP) is 2.14. The van der Waals surface area contributed by atoms with Gasteiger partial charge in [0.25, 0.3) is 0 Å². The number of morpholine rings is 1. The molecule has 4 rings (SSSR count). The average molecular weight is 441 g/mol. The summed E-state index contributed by atoms with van der Waals surface area (Å²) in [5.41, 5.74) is 1.48. The molecule has 0 aliphatic carbocycles. The Labute approximate surface area is 181 Å². The molecule has 0 spiro atoms. The fraction of sp³-hybridized carbons (Fsp3) is 0.273. The van der Waals surface area contributed by atoms with Crippen molar-refractivity contribution >= 4 is 21.6 Å². The summed E-state index contributed by atoms with van der Waals surface area (Å²) in [7, 11) is -3.67. The van der Waals surface area contributed by atoms with Crippen molar-refractivity contribution in [3.8, 4) is 0 Å². The number of hydrogen-bond donors (Lipinski definition) is 0. The van der Waals surface area contributed by atoms with Crippen molar-refractivity contribution < 1.29 is 17.9 Å². The fourth-order valence-electron chi connectivity index (χ4n) is 3.46. The highest BCUT2D eigenvalue weighted by atomic mass is 32.2. The summed E-state index contributed by atoms with van der Waals surface area (Å²) in [6.45, 7) is 1.83. The SMILES string of the molecule is O=C(Cn1ccnc1)N(Cc1ccccc1)c1cccc(S(=O)(=O)N2CCOCC2)c1. The zero-order valence-electron chi connectivity index (χ0n) is 17.0. The Morgan fingerprint density at radius 2 is 1.84 bits per heavy atom. The second-order valence-corrected chi connectivity index (χ2v) is 9.15. The lowest BCUT2D eigenvalue weighted by atomic mass is 10.2. The monoisotopic (exact) mass is 440 g/mol. The maximum Gasteiger partial charge on any atom is 0.247 e.